The Morgan fingerprint density at radius 2 is 2.05 bits per heavy atom. The van der Waals surface area contributed by atoms with Gasteiger partial charge in [0.05, 0.1) is 46.5 Å². The molecule has 224 valence electrons. The highest BCUT2D eigenvalue weighted by molar-refractivity contribution is 9.09. The summed E-state index contributed by atoms with van der Waals surface area (Å²) in [7, 11) is 0. The molecule has 10 heteroatoms. The number of esters is 1. The quantitative estimate of drug-likeness (QED) is 0.120. The maximum absolute atomic E-state index is 14.7. The van der Waals surface area contributed by atoms with Gasteiger partial charge in [-0.05, 0) is 43.7 Å². The number of likely N-dealkylation sites (tertiary alicyclic amines) is 1. The minimum atomic E-state index is -0.900. The number of hydrogen-bond acceptors (Lipinski definition) is 6. The van der Waals surface area contributed by atoms with Crippen LogP contribution >= 0.6 is 39.3 Å². The summed E-state index contributed by atoms with van der Waals surface area (Å²) in [5.74, 6) is -2.42. The van der Waals surface area contributed by atoms with Gasteiger partial charge in [0.25, 0.3) is 5.91 Å². The van der Waals surface area contributed by atoms with Gasteiger partial charge in [-0.1, -0.05) is 72.1 Å². The number of unbranched alkanes of at least 4 members (excludes halogenated alkanes) is 2. The second-order valence-electron chi connectivity index (χ2n) is 11.2. The standard InChI is InChI=1S/C31H40BrClN2O5S/c1-5-8-9-12-16-40-30(39)24-25-28(37)35(23(18-36)19(4)7-3)27(31(25)17-20(32)26(24)41-31)29(38)34(15-6-2)22-14-11-10-13-21(22)33/h5-6,10-11,13-14,19-20,23-27,36H,1-2,7-9,12,15-18H2,3-4H3/t19-,20?,23-,24-,25-,26-,27?,31?/m0/s1. The number of halogens is 2. The molecular weight excluding hydrogens is 628 g/mol. The van der Waals surface area contributed by atoms with Crippen molar-refractivity contribution >= 4 is 62.8 Å². The Kier molecular flexibility index (Phi) is 10.7. The smallest absolute Gasteiger partial charge is 0.310 e. The molecule has 3 saturated heterocycles. The van der Waals surface area contributed by atoms with Gasteiger partial charge < -0.3 is 19.6 Å². The molecule has 3 unspecified atom stereocenters. The molecule has 3 heterocycles. The molecule has 0 radical (unpaired) electrons. The lowest BCUT2D eigenvalue weighted by Gasteiger charge is -2.41. The van der Waals surface area contributed by atoms with Gasteiger partial charge in [0.1, 0.15) is 6.04 Å². The van der Waals surface area contributed by atoms with Crippen molar-refractivity contribution in [3.63, 3.8) is 0 Å². The van der Waals surface area contributed by atoms with Crippen molar-refractivity contribution < 1.29 is 24.2 Å². The zero-order chi connectivity index (χ0) is 29.9. The van der Waals surface area contributed by atoms with Gasteiger partial charge >= 0.3 is 5.97 Å². The van der Waals surface area contributed by atoms with Crippen molar-refractivity contribution in [1.82, 2.24) is 4.90 Å². The van der Waals surface area contributed by atoms with Crippen molar-refractivity contribution in [2.24, 2.45) is 17.8 Å². The zero-order valence-electron chi connectivity index (χ0n) is 23.7. The molecule has 1 spiro atoms. The molecule has 3 aliphatic heterocycles. The zero-order valence-corrected chi connectivity index (χ0v) is 26.9. The van der Waals surface area contributed by atoms with E-state index in [1.807, 2.05) is 26.0 Å². The molecule has 2 amide bonds. The van der Waals surface area contributed by atoms with Gasteiger partial charge in [-0.2, -0.15) is 0 Å². The highest BCUT2D eigenvalue weighted by Crippen LogP contribution is 2.68. The van der Waals surface area contributed by atoms with Crippen LogP contribution in [0, 0.1) is 17.8 Å². The summed E-state index contributed by atoms with van der Waals surface area (Å²) in [6.07, 6.45) is 7.14. The fourth-order valence-corrected chi connectivity index (χ4v) is 10.5. The van der Waals surface area contributed by atoms with Gasteiger partial charge in [0.15, 0.2) is 0 Å². The van der Waals surface area contributed by atoms with Crippen LogP contribution in [-0.2, 0) is 19.1 Å². The van der Waals surface area contributed by atoms with E-state index < -0.39 is 34.6 Å². The van der Waals surface area contributed by atoms with Gasteiger partial charge in [0.2, 0.25) is 5.91 Å². The molecule has 3 fully saturated rings. The number of carbonyl (C=O) groups is 3. The number of aliphatic hydroxyl groups is 1. The molecule has 7 nitrogen and oxygen atoms in total. The summed E-state index contributed by atoms with van der Waals surface area (Å²) >= 11 is 11.9. The molecule has 4 rings (SSSR count). The summed E-state index contributed by atoms with van der Waals surface area (Å²) in [5.41, 5.74) is 0.527. The van der Waals surface area contributed by atoms with E-state index in [0.717, 1.165) is 12.8 Å². The molecule has 8 atom stereocenters. The number of para-hydroxylation sites is 1. The van der Waals surface area contributed by atoms with Crippen LogP contribution in [0.2, 0.25) is 5.02 Å². The molecule has 0 saturated carbocycles. The molecule has 41 heavy (non-hydrogen) atoms. The molecular formula is C31H40BrClN2O5S. The van der Waals surface area contributed by atoms with E-state index >= 15 is 0 Å². The Morgan fingerprint density at radius 3 is 2.68 bits per heavy atom. The number of allylic oxidation sites excluding steroid dienone is 1. The fraction of sp³-hybridized carbons (Fsp3) is 0.581. The first-order valence-electron chi connectivity index (χ1n) is 14.4. The van der Waals surface area contributed by atoms with Crippen LogP contribution in [0.1, 0.15) is 46.0 Å². The Balaban J connectivity index is 1.78. The highest BCUT2D eigenvalue weighted by Gasteiger charge is 2.77. The number of anilines is 1. The molecule has 3 aliphatic rings. The minimum Gasteiger partial charge on any atom is -0.465 e. The van der Waals surface area contributed by atoms with Crippen molar-refractivity contribution in [1.29, 1.82) is 0 Å². The Bertz CT molecular complexity index is 1170. The Labute approximate surface area is 260 Å². The van der Waals surface area contributed by atoms with Crippen molar-refractivity contribution in [3.8, 4) is 0 Å². The van der Waals surface area contributed by atoms with E-state index in [4.69, 9.17) is 16.3 Å². The molecule has 2 bridgehead atoms. The number of benzene rings is 1. The summed E-state index contributed by atoms with van der Waals surface area (Å²) in [5, 5.41) is 10.8. The van der Waals surface area contributed by atoms with E-state index in [0.29, 0.717) is 30.0 Å². The number of amides is 2. The first kappa shape index (κ1) is 32.1. The maximum atomic E-state index is 14.7. The second kappa shape index (κ2) is 13.7. The van der Waals surface area contributed by atoms with Crippen LogP contribution in [0.15, 0.2) is 49.6 Å². The van der Waals surface area contributed by atoms with Crippen LogP contribution in [0.5, 0.6) is 0 Å². The van der Waals surface area contributed by atoms with E-state index in [1.54, 1.807) is 45.8 Å². The molecule has 0 aliphatic carbocycles. The predicted molar refractivity (Wildman–Crippen MR) is 168 cm³/mol. The lowest BCUT2D eigenvalue weighted by Crippen LogP contribution is -2.59. The minimum absolute atomic E-state index is 0.0696. The van der Waals surface area contributed by atoms with Crippen LogP contribution in [0.25, 0.3) is 0 Å². The van der Waals surface area contributed by atoms with Crippen LogP contribution < -0.4 is 4.90 Å². The predicted octanol–water partition coefficient (Wildman–Crippen LogP) is 5.63. The van der Waals surface area contributed by atoms with Crippen molar-refractivity contribution in [2.75, 3.05) is 24.7 Å². The number of nitrogens with zero attached hydrogens (tertiary/aromatic N) is 2. The number of carbonyl (C=O) groups excluding carboxylic acids is 3. The molecule has 1 aromatic carbocycles. The summed E-state index contributed by atoms with van der Waals surface area (Å²) < 4.78 is 4.87. The normalized spacial score (nSPS) is 29.6. The van der Waals surface area contributed by atoms with Crippen LogP contribution in [-0.4, -0.2) is 74.5 Å². The summed E-state index contributed by atoms with van der Waals surface area (Å²) in [6, 6.07) is 5.62. The van der Waals surface area contributed by atoms with Crippen LogP contribution in [0.4, 0.5) is 5.69 Å². The van der Waals surface area contributed by atoms with Crippen molar-refractivity contribution in [2.45, 2.75) is 72.9 Å². The molecule has 1 aromatic rings. The average molecular weight is 668 g/mol. The van der Waals surface area contributed by atoms with Gasteiger partial charge in [-0.3, -0.25) is 14.4 Å². The third-order valence-electron chi connectivity index (χ3n) is 8.85. The maximum Gasteiger partial charge on any atom is 0.310 e. The monoisotopic (exact) mass is 666 g/mol. The largest absolute Gasteiger partial charge is 0.465 e. The number of thioether (sulfide) groups is 1. The number of aliphatic hydroxyl groups excluding tert-OH is 1. The topological polar surface area (TPSA) is 87.1 Å². The Morgan fingerprint density at radius 1 is 1.32 bits per heavy atom. The second-order valence-corrected chi connectivity index (χ2v) is 14.3. The van der Waals surface area contributed by atoms with Gasteiger partial charge in [0, 0.05) is 16.6 Å². The van der Waals surface area contributed by atoms with Gasteiger partial charge in [-0.25, -0.2) is 0 Å². The Hall–Kier alpha value is -1.81. The third kappa shape index (κ3) is 5.76. The molecule has 1 N–H and O–H groups in total. The lowest BCUT2D eigenvalue weighted by molar-refractivity contribution is -0.154. The van der Waals surface area contributed by atoms with E-state index in [-0.39, 0.29) is 47.6 Å². The SMILES string of the molecule is C=CCCCCOC(=O)[C@H]1[C@H]2C(=O)N([C@@H](CO)[C@@H](C)CC)C(C(=O)N(CC=C)c3ccccc3Cl)C23CC(Br)[C@@H]1S3. The van der Waals surface area contributed by atoms with E-state index in [9.17, 15) is 19.5 Å². The summed E-state index contributed by atoms with van der Waals surface area (Å²) in [6.45, 7) is 11.7. The van der Waals surface area contributed by atoms with Crippen LogP contribution in [0.3, 0.4) is 0 Å². The number of fused-ring (bicyclic) bond motifs is 1. The number of ether oxygens (including phenoxy) is 1. The number of rotatable bonds is 14. The first-order chi connectivity index (χ1) is 19.7. The highest BCUT2D eigenvalue weighted by atomic mass is 79.9. The van der Waals surface area contributed by atoms with Crippen molar-refractivity contribution in [3.05, 3.63) is 54.6 Å². The fourth-order valence-electron chi connectivity index (χ4n) is 6.70. The molecule has 0 aromatic heterocycles. The number of alkyl halides is 1. The summed E-state index contributed by atoms with van der Waals surface area (Å²) in [4.78, 5) is 45.9. The lowest BCUT2D eigenvalue weighted by atomic mass is 9.71. The van der Waals surface area contributed by atoms with E-state index in [1.165, 1.54) is 0 Å². The van der Waals surface area contributed by atoms with Gasteiger partial charge in [-0.15, -0.1) is 24.9 Å². The first-order valence-corrected chi connectivity index (χ1v) is 16.5. The van der Waals surface area contributed by atoms with E-state index in [2.05, 4.69) is 29.1 Å². The number of hydrogen-bond donors (Lipinski definition) is 1. The third-order valence-corrected chi connectivity index (χ3v) is 12.4. The average Bonchev–Trinajstić information content (AvgIpc) is 3.55.